The van der Waals surface area contributed by atoms with Crippen LogP contribution in [0.2, 0.25) is 0 Å². The molecule has 2 fully saturated rings. The predicted octanol–water partition coefficient (Wildman–Crippen LogP) is 5.22. The van der Waals surface area contributed by atoms with Gasteiger partial charge in [-0.25, -0.2) is 5.11 Å². The summed E-state index contributed by atoms with van der Waals surface area (Å²) in [6.07, 6.45) is 15.4. The summed E-state index contributed by atoms with van der Waals surface area (Å²) in [6, 6.07) is 0. The van der Waals surface area contributed by atoms with Crippen LogP contribution in [0.3, 0.4) is 0 Å². The van der Waals surface area contributed by atoms with Gasteiger partial charge in [0.15, 0.2) is 0 Å². The molecule has 0 aromatic rings. The van der Waals surface area contributed by atoms with Crippen LogP contribution in [0, 0.1) is 23.7 Å². The fourth-order valence-corrected chi connectivity index (χ4v) is 4.27. The molecule has 2 aliphatic rings. The summed E-state index contributed by atoms with van der Waals surface area (Å²) in [5.74, 6) is 3.54. The molecule has 1 heteroatoms. The number of unbranched alkanes of at least 4 members (excludes halogenated alkanes) is 1. The van der Waals surface area contributed by atoms with Crippen LogP contribution in [0.15, 0.2) is 0 Å². The van der Waals surface area contributed by atoms with Crippen LogP contribution in [0.1, 0.15) is 77.6 Å². The molecule has 105 valence electrons. The summed E-state index contributed by atoms with van der Waals surface area (Å²) in [5.41, 5.74) is 0. The second-order valence-corrected chi connectivity index (χ2v) is 6.87. The van der Waals surface area contributed by atoms with Gasteiger partial charge in [0.1, 0.15) is 0 Å². The fraction of sp³-hybridized carbons (Fsp3) is 1.00. The average Bonchev–Trinajstić information content (AvgIpc) is 2.46. The monoisotopic (exact) mass is 251 g/mol. The Hall–Kier alpha value is -0.0400. The summed E-state index contributed by atoms with van der Waals surface area (Å²) >= 11 is 0. The lowest BCUT2D eigenvalue weighted by atomic mass is 9.69. The maximum Gasteiger partial charge on any atom is 0.0850 e. The SMILES string of the molecule is CCCCC1CCC(C2CCC(C[O])CC2)CC1. The Kier molecular flexibility index (Phi) is 6.01. The molecule has 0 aromatic carbocycles. The largest absolute Gasteiger partial charge is 0.236 e. The van der Waals surface area contributed by atoms with Crippen molar-refractivity contribution in [2.75, 3.05) is 6.61 Å². The zero-order valence-corrected chi connectivity index (χ0v) is 12.2. The van der Waals surface area contributed by atoms with Crippen LogP contribution in [0.4, 0.5) is 0 Å². The van der Waals surface area contributed by atoms with Gasteiger partial charge in [0.25, 0.3) is 0 Å². The molecule has 0 aliphatic heterocycles. The summed E-state index contributed by atoms with van der Waals surface area (Å²) in [4.78, 5) is 0. The maximum absolute atomic E-state index is 10.9. The highest BCUT2D eigenvalue weighted by molar-refractivity contribution is 4.81. The van der Waals surface area contributed by atoms with Crippen LogP contribution in [-0.2, 0) is 5.11 Å². The molecule has 0 N–H and O–H groups in total. The highest BCUT2D eigenvalue weighted by Crippen LogP contribution is 2.42. The van der Waals surface area contributed by atoms with Crippen LogP contribution < -0.4 is 0 Å². The molecule has 2 aliphatic carbocycles. The summed E-state index contributed by atoms with van der Waals surface area (Å²) in [7, 11) is 0. The van der Waals surface area contributed by atoms with Crippen molar-refractivity contribution in [1.82, 2.24) is 0 Å². The van der Waals surface area contributed by atoms with Crippen LogP contribution in [0.25, 0.3) is 0 Å². The third kappa shape index (κ3) is 3.98. The molecule has 2 rings (SSSR count). The molecule has 0 atom stereocenters. The van der Waals surface area contributed by atoms with E-state index in [1.807, 2.05) is 0 Å². The molecule has 1 nitrogen and oxygen atoms in total. The number of hydrogen-bond donors (Lipinski definition) is 0. The third-order valence-corrected chi connectivity index (χ3v) is 5.65. The van der Waals surface area contributed by atoms with E-state index in [1.54, 1.807) is 0 Å². The highest BCUT2D eigenvalue weighted by atomic mass is 16.3. The van der Waals surface area contributed by atoms with E-state index in [-0.39, 0.29) is 6.61 Å². The lowest BCUT2D eigenvalue weighted by molar-refractivity contribution is 0.0857. The average molecular weight is 251 g/mol. The zero-order chi connectivity index (χ0) is 12.8. The van der Waals surface area contributed by atoms with E-state index in [4.69, 9.17) is 0 Å². The van der Waals surface area contributed by atoms with Gasteiger partial charge in [-0.3, -0.25) is 0 Å². The van der Waals surface area contributed by atoms with Gasteiger partial charge in [0, 0.05) is 0 Å². The van der Waals surface area contributed by atoms with Crippen molar-refractivity contribution in [2.45, 2.75) is 77.6 Å². The first-order chi connectivity index (χ1) is 8.83. The minimum Gasteiger partial charge on any atom is -0.236 e. The lowest BCUT2D eigenvalue weighted by Gasteiger charge is -2.37. The van der Waals surface area contributed by atoms with E-state index in [1.165, 1.54) is 70.6 Å². The van der Waals surface area contributed by atoms with Crippen molar-refractivity contribution in [1.29, 1.82) is 0 Å². The Balaban J connectivity index is 1.67. The van der Waals surface area contributed by atoms with Crippen molar-refractivity contribution in [3.63, 3.8) is 0 Å². The first-order valence-electron chi connectivity index (χ1n) is 8.41. The molecule has 1 radical (unpaired) electrons. The van der Waals surface area contributed by atoms with Crippen molar-refractivity contribution in [3.8, 4) is 0 Å². The summed E-state index contributed by atoms with van der Waals surface area (Å²) in [6.45, 7) is 2.48. The number of rotatable bonds is 5. The second-order valence-electron chi connectivity index (χ2n) is 6.87. The predicted molar refractivity (Wildman–Crippen MR) is 76.0 cm³/mol. The van der Waals surface area contributed by atoms with Gasteiger partial charge in [0.05, 0.1) is 6.61 Å². The molecule has 18 heavy (non-hydrogen) atoms. The van der Waals surface area contributed by atoms with Gasteiger partial charge >= 0.3 is 0 Å². The van der Waals surface area contributed by atoms with Gasteiger partial charge in [0.2, 0.25) is 0 Å². The van der Waals surface area contributed by atoms with Crippen LogP contribution in [-0.4, -0.2) is 6.61 Å². The Labute approximate surface area is 113 Å². The van der Waals surface area contributed by atoms with Crippen molar-refractivity contribution in [3.05, 3.63) is 0 Å². The first-order valence-corrected chi connectivity index (χ1v) is 8.41. The Bertz CT molecular complexity index is 210. The van der Waals surface area contributed by atoms with E-state index in [9.17, 15) is 5.11 Å². The fourth-order valence-electron chi connectivity index (χ4n) is 4.27. The minimum atomic E-state index is 0.177. The lowest BCUT2D eigenvalue weighted by Crippen LogP contribution is -2.26. The molecular weight excluding hydrogens is 220 g/mol. The van der Waals surface area contributed by atoms with E-state index < -0.39 is 0 Å². The normalized spacial score (nSPS) is 37.7. The van der Waals surface area contributed by atoms with Crippen molar-refractivity contribution >= 4 is 0 Å². The molecular formula is C17H31O. The topological polar surface area (TPSA) is 19.9 Å². The Morgan fingerprint density at radius 2 is 1.28 bits per heavy atom. The highest BCUT2D eigenvalue weighted by Gasteiger charge is 2.30. The minimum absolute atomic E-state index is 0.177. The summed E-state index contributed by atoms with van der Waals surface area (Å²) in [5, 5.41) is 10.9. The van der Waals surface area contributed by atoms with Gasteiger partial charge in [-0.2, -0.15) is 0 Å². The van der Waals surface area contributed by atoms with Crippen molar-refractivity contribution in [2.24, 2.45) is 23.7 Å². The molecule has 0 spiro atoms. The zero-order valence-electron chi connectivity index (χ0n) is 12.2. The molecule has 0 bridgehead atoms. The van der Waals surface area contributed by atoms with E-state index in [2.05, 4.69) is 6.92 Å². The molecule has 0 unspecified atom stereocenters. The first kappa shape index (κ1) is 14.4. The van der Waals surface area contributed by atoms with Gasteiger partial charge in [-0.1, -0.05) is 39.0 Å². The quantitative estimate of drug-likeness (QED) is 0.638. The van der Waals surface area contributed by atoms with Gasteiger partial charge < -0.3 is 0 Å². The maximum atomic E-state index is 10.9. The van der Waals surface area contributed by atoms with E-state index >= 15 is 0 Å². The number of hydrogen-bond acceptors (Lipinski definition) is 0. The third-order valence-electron chi connectivity index (χ3n) is 5.65. The molecule has 0 aromatic heterocycles. The Morgan fingerprint density at radius 3 is 1.72 bits per heavy atom. The van der Waals surface area contributed by atoms with Gasteiger partial charge in [-0.05, 0) is 62.2 Å². The second kappa shape index (κ2) is 7.53. The van der Waals surface area contributed by atoms with Crippen LogP contribution in [0.5, 0.6) is 0 Å². The van der Waals surface area contributed by atoms with Gasteiger partial charge in [-0.15, -0.1) is 0 Å². The van der Waals surface area contributed by atoms with Crippen molar-refractivity contribution < 1.29 is 5.11 Å². The van der Waals surface area contributed by atoms with E-state index in [0.29, 0.717) is 5.92 Å². The van der Waals surface area contributed by atoms with Crippen LogP contribution >= 0.6 is 0 Å². The molecule has 2 saturated carbocycles. The smallest absolute Gasteiger partial charge is 0.0850 e. The molecule has 0 heterocycles. The molecule has 0 saturated heterocycles. The Morgan fingerprint density at radius 1 is 0.778 bits per heavy atom. The van der Waals surface area contributed by atoms with E-state index in [0.717, 1.165) is 17.8 Å². The molecule has 0 amide bonds. The standard InChI is InChI=1S/C17H31O/c1-2-3-4-14-5-9-16(10-6-14)17-11-7-15(13-18)8-12-17/h14-17H,2-13H2,1H3. The summed E-state index contributed by atoms with van der Waals surface area (Å²) < 4.78 is 0.